The zero-order valence-corrected chi connectivity index (χ0v) is 20.3. The monoisotopic (exact) mass is 511 g/mol. The molecule has 0 unspecified atom stereocenters. The van der Waals surface area contributed by atoms with Gasteiger partial charge in [0.15, 0.2) is 5.17 Å². The second kappa shape index (κ2) is 11.0. The second-order valence-electron chi connectivity index (χ2n) is 8.06. The number of hydrogen-bond donors (Lipinski definition) is 0. The van der Waals surface area contributed by atoms with Crippen molar-refractivity contribution in [3.8, 4) is 5.75 Å². The highest BCUT2D eigenvalue weighted by Gasteiger charge is 2.34. The predicted molar refractivity (Wildman–Crippen MR) is 142 cm³/mol. The standard InChI is InChI=1S/C28H21N3O5S/c32-27-26(37-28(29-22-10-2-1-3-11-22)30(27)18-24-13-7-15-35-24)17-21-9-4-5-14-25(21)36-19-20-8-6-12-23(16-20)31(33)34/h1-17H,18-19H2/b26-17+,29-28?. The van der Waals surface area contributed by atoms with E-state index < -0.39 is 4.92 Å². The maximum atomic E-state index is 13.4. The quantitative estimate of drug-likeness (QED) is 0.151. The molecular formula is C28H21N3O5S. The number of furan rings is 1. The van der Waals surface area contributed by atoms with Gasteiger partial charge in [-0.05, 0) is 53.7 Å². The third kappa shape index (κ3) is 5.79. The van der Waals surface area contributed by atoms with Crippen molar-refractivity contribution in [3.05, 3.63) is 129 Å². The summed E-state index contributed by atoms with van der Waals surface area (Å²) in [5, 5.41) is 11.6. The summed E-state index contributed by atoms with van der Waals surface area (Å²) in [4.78, 5) is 30.9. The zero-order chi connectivity index (χ0) is 25.6. The first-order valence-electron chi connectivity index (χ1n) is 11.4. The molecule has 1 saturated heterocycles. The molecule has 184 valence electrons. The molecule has 3 aromatic carbocycles. The van der Waals surface area contributed by atoms with E-state index in [0.717, 1.165) is 5.69 Å². The number of nitrogens with zero attached hydrogens (tertiary/aromatic N) is 3. The molecule has 0 aliphatic carbocycles. The Labute approximate surface area is 217 Å². The summed E-state index contributed by atoms with van der Waals surface area (Å²) >= 11 is 1.28. The van der Waals surface area contributed by atoms with Gasteiger partial charge in [0.25, 0.3) is 11.6 Å². The zero-order valence-electron chi connectivity index (χ0n) is 19.5. The number of thioether (sulfide) groups is 1. The van der Waals surface area contributed by atoms with Gasteiger partial charge in [-0.1, -0.05) is 48.5 Å². The number of aliphatic imine (C=N–C) groups is 1. The number of non-ortho nitro benzene ring substituents is 1. The molecule has 0 saturated carbocycles. The minimum atomic E-state index is -0.437. The lowest BCUT2D eigenvalue weighted by molar-refractivity contribution is -0.384. The van der Waals surface area contributed by atoms with Gasteiger partial charge in [-0.3, -0.25) is 19.8 Å². The van der Waals surface area contributed by atoms with Crippen LogP contribution in [-0.2, 0) is 17.9 Å². The highest BCUT2D eigenvalue weighted by Crippen LogP contribution is 2.36. The summed E-state index contributed by atoms with van der Waals surface area (Å²) in [6.45, 7) is 0.404. The fourth-order valence-corrected chi connectivity index (χ4v) is 4.68. The van der Waals surface area contributed by atoms with Crippen molar-refractivity contribution in [2.45, 2.75) is 13.2 Å². The number of carbonyl (C=O) groups excluding carboxylic acids is 1. The van der Waals surface area contributed by atoms with Gasteiger partial charge in [-0.2, -0.15) is 0 Å². The summed E-state index contributed by atoms with van der Waals surface area (Å²) in [6.07, 6.45) is 3.35. The summed E-state index contributed by atoms with van der Waals surface area (Å²) in [5.41, 5.74) is 2.13. The van der Waals surface area contributed by atoms with E-state index >= 15 is 0 Å². The average molecular weight is 512 g/mol. The Morgan fingerprint density at radius 2 is 1.81 bits per heavy atom. The highest BCUT2D eigenvalue weighted by molar-refractivity contribution is 8.18. The lowest BCUT2D eigenvalue weighted by Crippen LogP contribution is -2.28. The van der Waals surface area contributed by atoms with E-state index in [0.29, 0.717) is 32.7 Å². The minimum absolute atomic E-state index is 0.00587. The van der Waals surface area contributed by atoms with E-state index in [1.165, 1.54) is 23.9 Å². The van der Waals surface area contributed by atoms with Gasteiger partial charge in [0.1, 0.15) is 18.1 Å². The van der Waals surface area contributed by atoms with Crippen molar-refractivity contribution >= 4 is 40.3 Å². The molecule has 8 nitrogen and oxygen atoms in total. The molecule has 1 aliphatic heterocycles. The predicted octanol–water partition coefficient (Wildman–Crippen LogP) is 6.57. The van der Waals surface area contributed by atoms with Crippen LogP contribution in [0.5, 0.6) is 5.75 Å². The summed E-state index contributed by atoms with van der Waals surface area (Å²) in [7, 11) is 0. The molecule has 0 spiro atoms. The first kappa shape index (κ1) is 24.1. The topological polar surface area (TPSA) is 98.2 Å². The van der Waals surface area contributed by atoms with Crippen LogP contribution in [0.4, 0.5) is 11.4 Å². The van der Waals surface area contributed by atoms with Crippen molar-refractivity contribution in [2.75, 3.05) is 0 Å². The fourth-order valence-electron chi connectivity index (χ4n) is 3.70. The molecule has 4 aromatic rings. The number of nitro groups is 1. The molecule has 0 bridgehead atoms. The lowest BCUT2D eigenvalue weighted by Gasteiger charge is -2.13. The van der Waals surface area contributed by atoms with E-state index in [2.05, 4.69) is 0 Å². The van der Waals surface area contributed by atoms with Crippen LogP contribution in [0.25, 0.3) is 6.08 Å². The van der Waals surface area contributed by atoms with E-state index in [4.69, 9.17) is 14.1 Å². The van der Waals surface area contributed by atoms with Gasteiger partial charge >= 0.3 is 0 Å². The number of hydrogen-bond acceptors (Lipinski definition) is 7. The van der Waals surface area contributed by atoms with Crippen molar-refractivity contribution in [3.63, 3.8) is 0 Å². The van der Waals surface area contributed by atoms with Gasteiger partial charge in [0, 0.05) is 17.7 Å². The number of benzene rings is 3. The number of amides is 1. The second-order valence-corrected chi connectivity index (χ2v) is 9.07. The van der Waals surface area contributed by atoms with Gasteiger partial charge in [-0.15, -0.1) is 0 Å². The van der Waals surface area contributed by atoms with E-state index in [9.17, 15) is 14.9 Å². The van der Waals surface area contributed by atoms with Crippen molar-refractivity contribution < 1.29 is 18.9 Å². The van der Waals surface area contributed by atoms with Gasteiger partial charge in [0.05, 0.1) is 28.3 Å². The molecule has 1 aliphatic rings. The SMILES string of the molecule is O=C1/C(=C\c2ccccc2OCc2cccc([N+](=O)[O-])c2)SC(=Nc2ccccc2)N1Cc1ccco1. The third-order valence-corrected chi connectivity index (χ3v) is 6.49. The van der Waals surface area contributed by atoms with E-state index in [1.54, 1.807) is 41.5 Å². The third-order valence-electron chi connectivity index (χ3n) is 5.48. The molecule has 1 aromatic heterocycles. The Hall–Kier alpha value is -4.63. The van der Waals surface area contributed by atoms with Crippen LogP contribution in [0.1, 0.15) is 16.9 Å². The van der Waals surface area contributed by atoms with Gasteiger partial charge in [0.2, 0.25) is 0 Å². The smallest absolute Gasteiger partial charge is 0.269 e. The number of para-hydroxylation sites is 2. The molecule has 1 fully saturated rings. The molecular weight excluding hydrogens is 490 g/mol. The van der Waals surface area contributed by atoms with Crippen LogP contribution >= 0.6 is 11.8 Å². The van der Waals surface area contributed by atoms with E-state index in [-0.39, 0.29) is 24.7 Å². The summed E-state index contributed by atoms with van der Waals surface area (Å²) in [6, 6.07) is 26.7. The Bertz CT molecular complexity index is 1480. The van der Waals surface area contributed by atoms with Crippen LogP contribution in [0.15, 0.2) is 112 Å². The van der Waals surface area contributed by atoms with Crippen LogP contribution in [0.2, 0.25) is 0 Å². The summed E-state index contributed by atoms with van der Waals surface area (Å²) in [5.74, 6) is 1.02. The molecule has 0 radical (unpaired) electrons. The largest absolute Gasteiger partial charge is 0.488 e. The molecule has 37 heavy (non-hydrogen) atoms. The molecule has 0 atom stereocenters. The lowest BCUT2D eigenvalue weighted by atomic mass is 10.1. The number of nitro benzene ring substituents is 1. The molecule has 9 heteroatoms. The van der Waals surface area contributed by atoms with Gasteiger partial charge in [-0.25, -0.2) is 4.99 Å². The fraction of sp³-hybridized carbons (Fsp3) is 0.0714. The highest BCUT2D eigenvalue weighted by atomic mass is 32.2. The number of amidine groups is 1. The molecule has 2 heterocycles. The Kier molecular flexibility index (Phi) is 7.14. The normalized spacial score (nSPS) is 15.5. The Balaban J connectivity index is 1.41. The van der Waals surface area contributed by atoms with Crippen LogP contribution in [-0.4, -0.2) is 20.9 Å². The van der Waals surface area contributed by atoms with Crippen LogP contribution < -0.4 is 4.74 Å². The van der Waals surface area contributed by atoms with Gasteiger partial charge < -0.3 is 9.15 Å². The maximum absolute atomic E-state index is 13.4. The Morgan fingerprint density at radius 1 is 1.00 bits per heavy atom. The van der Waals surface area contributed by atoms with Crippen molar-refractivity contribution in [1.82, 2.24) is 4.90 Å². The molecule has 1 amide bonds. The number of rotatable bonds is 8. The maximum Gasteiger partial charge on any atom is 0.269 e. The Morgan fingerprint density at radius 3 is 2.59 bits per heavy atom. The first-order chi connectivity index (χ1) is 18.1. The number of carbonyl (C=O) groups is 1. The first-order valence-corrected chi connectivity index (χ1v) is 12.2. The number of ether oxygens (including phenoxy) is 1. The molecule has 0 N–H and O–H groups in total. The van der Waals surface area contributed by atoms with Crippen LogP contribution in [0, 0.1) is 10.1 Å². The van der Waals surface area contributed by atoms with E-state index in [1.807, 2.05) is 54.6 Å². The van der Waals surface area contributed by atoms with Crippen LogP contribution in [0.3, 0.4) is 0 Å². The molecule has 5 rings (SSSR count). The van der Waals surface area contributed by atoms with Crippen molar-refractivity contribution in [1.29, 1.82) is 0 Å². The minimum Gasteiger partial charge on any atom is -0.488 e. The summed E-state index contributed by atoms with van der Waals surface area (Å²) < 4.78 is 11.5. The van der Waals surface area contributed by atoms with Crippen molar-refractivity contribution in [2.24, 2.45) is 4.99 Å². The average Bonchev–Trinajstić information content (AvgIpc) is 3.53.